The summed E-state index contributed by atoms with van der Waals surface area (Å²) < 4.78 is 0. The molecule has 90 valence electrons. The Kier molecular flexibility index (Phi) is 1.96. The van der Waals surface area contributed by atoms with Crippen molar-refractivity contribution in [3.8, 4) is 0 Å². The number of fused-ring (bicyclic) bond motifs is 3. The molecular formula is C14H22O2. The number of hydrogen-bond donors (Lipinski definition) is 2. The minimum Gasteiger partial charge on any atom is -0.389 e. The zero-order valence-electron chi connectivity index (χ0n) is 10.2. The lowest BCUT2D eigenvalue weighted by atomic mass is 9.69. The minimum absolute atomic E-state index is 0.196. The first-order valence-electron chi connectivity index (χ1n) is 6.47. The molecule has 3 saturated carbocycles. The van der Waals surface area contributed by atoms with E-state index >= 15 is 0 Å². The van der Waals surface area contributed by atoms with Gasteiger partial charge in [0.05, 0.1) is 11.7 Å². The van der Waals surface area contributed by atoms with Crippen LogP contribution in [0.2, 0.25) is 0 Å². The van der Waals surface area contributed by atoms with Gasteiger partial charge in [-0.15, -0.1) is 0 Å². The highest BCUT2D eigenvalue weighted by Crippen LogP contribution is 2.65. The minimum atomic E-state index is -0.774. The molecule has 16 heavy (non-hydrogen) atoms. The molecule has 0 radical (unpaired) electrons. The molecule has 0 spiro atoms. The van der Waals surface area contributed by atoms with Gasteiger partial charge in [0.1, 0.15) is 0 Å². The molecule has 0 aromatic heterocycles. The van der Waals surface area contributed by atoms with E-state index < -0.39 is 11.7 Å². The van der Waals surface area contributed by atoms with Crippen LogP contribution in [0.15, 0.2) is 12.2 Å². The maximum Gasteiger partial charge on any atom is 0.0943 e. The normalized spacial score (nSPS) is 54.1. The highest BCUT2D eigenvalue weighted by Gasteiger charge is 2.66. The average Bonchev–Trinajstić information content (AvgIpc) is 2.71. The summed E-state index contributed by atoms with van der Waals surface area (Å²) in [6, 6.07) is 0. The number of hydrogen-bond acceptors (Lipinski definition) is 2. The van der Waals surface area contributed by atoms with E-state index in [-0.39, 0.29) is 11.3 Å². The summed E-state index contributed by atoms with van der Waals surface area (Å²) >= 11 is 0. The van der Waals surface area contributed by atoms with Crippen molar-refractivity contribution in [3.63, 3.8) is 0 Å². The van der Waals surface area contributed by atoms with Gasteiger partial charge in [0.25, 0.3) is 0 Å². The fraction of sp³-hybridized carbons (Fsp3) is 0.857. The van der Waals surface area contributed by atoms with Gasteiger partial charge in [-0.25, -0.2) is 0 Å². The molecular weight excluding hydrogens is 200 g/mol. The van der Waals surface area contributed by atoms with E-state index in [0.717, 1.165) is 12.8 Å². The molecule has 5 atom stereocenters. The summed E-state index contributed by atoms with van der Waals surface area (Å²) in [6.45, 7) is 8.50. The lowest BCUT2D eigenvalue weighted by molar-refractivity contribution is -0.0284. The average molecular weight is 222 g/mol. The Morgan fingerprint density at radius 2 is 2.00 bits per heavy atom. The Balaban J connectivity index is 2.05. The van der Waals surface area contributed by atoms with Gasteiger partial charge in [-0.05, 0) is 54.4 Å². The predicted molar refractivity (Wildman–Crippen MR) is 62.8 cm³/mol. The third kappa shape index (κ3) is 1.05. The van der Waals surface area contributed by atoms with E-state index in [1.165, 1.54) is 12.8 Å². The van der Waals surface area contributed by atoms with Crippen molar-refractivity contribution in [1.29, 1.82) is 0 Å². The van der Waals surface area contributed by atoms with Crippen LogP contribution in [-0.2, 0) is 0 Å². The molecule has 0 bridgehead atoms. The monoisotopic (exact) mass is 222 g/mol. The van der Waals surface area contributed by atoms with Gasteiger partial charge in [0.2, 0.25) is 0 Å². The molecule has 0 aromatic carbocycles. The van der Waals surface area contributed by atoms with Crippen molar-refractivity contribution in [1.82, 2.24) is 0 Å². The SMILES string of the molecule is C=C1[C@@H](O)CC2CC3CCC(C)(C)C3[C@@]12O. The van der Waals surface area contributed by atoms with Gasteiger partial charge in [-0.1, -0.05) is 20.4 Å². The molecule has 3 rings (SSSR count). The molecule has 2 heteroatoms. The van der Waals surface area contributed by atoms with Crippen molar-refractivity contribution in [2.75, 3.05) is 0 Å². The topological polar surface area (TPSA) is 40.5 Å². The zero-order chi connectivity index (χ0) is 11.7. The van der Waals surface area contributed by atoms with Crippen molar-refractivity contribution in [3.05, 3.63) is 12.2 Å². The van der Waals surface area contributed by atoms with E-state index in [1.807, 2.05) is 0 Å². The van der Waals surface area contributed by atoms with E-state index in [0.29, 0.717) is 17.4 Å². The van der Waals surface area contributed by atoms with Crippen LogP contribution in [0.4, 0.5) is 0 Å². The summed E-state index contributed by atoms with van der Waals surface area (Å²) in [5.74, 6) is 1.22. The van der Waals surface area contributed by atoms with Gasteiger partial charge in [0, 0.05) is 0 Å². The summed E-state index contributed by atoms with van der Waals surface area (Å²) in [5.41, 5.74) is 0.116. The summed E-state index contributed by atoms with van der Waals surface area (Å²) in [4.78, 5) is 0. The van der Waals surface area contributed by atoms with Crippen LogP contribution in [0.5, 0.6) is 0 Å². The van der Waals surface area contributed by atoms with Crippen LogP contribution >= 0.6 is 0 Å². The van der Waals surface area contributed by atoms with Crippen LogP contribution in [0.3, 0.4) is 0 Å². The van der Waals surface area contributed by atoms with E-state index in [9.17, 15) is 10.2 Å². The highest BCUT2D eigenvalue weighted by atomic mass is 16.3. The third-order valence-electron chi connectivity index (χ3n) is 5.58. The predicted octanol–water partition coefficient (Wildman–Crippen LogP) is 2.11. The van der Waals surface area contributed by atoms with Crippen LogP contribution < -0.4 is 0 Å². The molecule has 3 aliphatic carbocycles. The largest absolute Gasteiger partial charge is 0.389 e. The van der Waals surface area contributed by atoms with Crippen molar-refractivity contribution in [2.24, 2.45) is 23.2 Å². The smallest absolute Gasteiger partial charge is 0.0943 e. The number of aliphatic hydroxyl groups excluding tert-OH is 1. The lowest BCUT2D eigenvalue weighted by Gasteiger charge is -2.39. The molecule has 0 aromatic rings. The maximum atomic E-state index is 11.0. The zero-order valence-corrected chi connectivity index (χ0v) is 10.2. The van der Waals surface area contributed by atoms with Crippen molar-refractivity contribution >= 4 is 0 Å². The molecule has 0 saturated heterocycles. The second-order valence-electron chi connectivity index (χ2n) is 6.80. The fourth-order valence-electron chi connectivity index (χ4n) is 4.94. The van der Waals surface area contributed by atoms with Gasteiger partial charge < -0.3 is 10.2 Å². The quantitative estimate of drug-likeness (QED) is 0.616. The van der Waals surface area contributed by atoms with Gasteiger partial charge in [0.15, 0.2) is 0 Å². The standard InChI is InChI=1S/C14H22O2/c1-8-11(15)7-10-6-9-4-5-13(2,3)12(9)14(8,10)16/h9-12,15-16H,1,4-7H2,2-3H3/t9?,10?,11-,12?,14+/m0/s1. The Morgan fingerprint density at radius 1 is 1.31 bits per heavy atom. The summed E-state index contributed by atoms with van der Waals surface area (Å²) in [5, 5.41) is 20.9. The molecule has 0 aliphatic heterocycles. The molecule has 3 aliphatic rings. The van der Waals surface area contributed by atoms with Crippen LogP contribution in [0.25, 0.3) is 0 Å². The molecule has 2 nitrogen and oxygen atoms in total. The first-order valence-corrected chi connectivity index (χ1v) is 6.47. The van der Waals surface area contributed by atoms with E-state index in [1.54, 1.807) is 0 Å². The second-order valence-corrected chi connectivity index (χ2v) is 6.80. The van der Waals surface area contributed by atoms with Gasteiger partial charge in [-0.3, -0.25) is 0 Å². The Bertz CT molecular complexity index is 347. The molecule has 0 amide bonds. The number of aliphatic hydroxyl groups is 2. The molecule has 2 N–H and O–H groups in total. The number of rotatable bonds is 0. The Labute approximate surface area is 97.4 Å². The van der Waals surface area contributed by atoms with Gasteiger partial charge in [-0.2, -0.15) is 0 Å². The molecule has 3 unspecified atom stereocenters. The van der Waals surface area contributed by atoms with Crippen molar-refractivity contribution < 1.29 is 10.2 Å². The Hall–Kier alpha value is -0.340. The first kappa shape index (κ1) is 10.8. The maximum absolute atomic E-state index is 11.0. The molecule has 0 heterocycles. The highest BCUT2D eigenvalue weighted by molar-refractivity contribution is 5.32. The summed E-state index contributed by atoms with van der Waals surface area (Å²) in [6.07, 6.45) is 3.76. The summed E-state index contributed by atoms with van der Waals surface area (Å²) in [7, 11) is 0. The van der Waals surface area contributed by atoms with E-state index in [2.05, 4.69) is 20.4 Å². The van der Waals surface area contributed by atoms with Crippen LogP contribution in [0, 0.1) is 23.2 Å². The second kappa shape index (κ2) is 2.91. The van der Waals surface area contributed by atoms with Crippen LogP contribution in [-0.4, -0.2) is 21.9 Å². The molecule has 3 fully saturated rings. The third-order valence-corrected chi connectivity index (χ3v) is 5.58. The van der Waals surface area contributed by atoms with Gasteiger partial charge >= 0.3 is 0 Å². The lowest BCUT2D eigenvalue weighted by Crippen LogP contribution is -2.44. The van der Waals surface area contributed by atoms with E-state index in [4.69, 9.17) is 0 Å². The van der Waals surface area contributed by atoms with Crippen LogP contribution in [0.1, 0.15) is 39.5 Å². The Morgan fingerprint density at radius 3 is 2.69 bits per heavy atom. The van der Waals surface area contributed by atoms with Crippen molar-refractivity contribution in [2.45, 2.75) is 51.2 Å². The fourth-order valence-corrected chi connectivity index (χ4v) is 4.94. The first-order chi connectivity index (χ1) is 7.37.